The summed E-state index contributed by atoms with van der Waals surface area (Å²) in [5.41, 5.74) is 2.43. The summed E-state index contributed by atoms with van der Waals surface area (Å²) in [5.74, 6) is 0.927. The van der Waals surface area contributed by atoms with Crippen molar-refractivity contribution < 1.29 is 4.74 Å². The third-order valence-corrected chi connectivity index (χ3v) is 3.87. The average Bonchev–Trinajstić information content (AvgIpc) is 3.00. The molecule has 1 aliphatic rings. The largest absolute Gasteiger partial charge is 0.380 e. The van der Waals surface area contributed by atoms with E-state index in [9.17, 15) is 0 Å². The SMILES string of the molecule is CCNC(=NCc1ccccc1COC)NC1CCCC1. The molecule has 0 saturated heterocycles. The highest BCUT2D eigenvalue weighted by Gasteiger charge is 2.15. The van der Waals surface area contributed by atoms with E-state index >= 15 is 0 Å². The number of hydrogen-bond donors (Lipinski definition) is 2. The first-order valence-electron chi connectivity index (χ1n) is 7.94. The minimum absolute atomic E-state index is 0.581. The molecule has 116 valence electrons. The molecule has 0 radical (unpaired) electrons. The fourth-order valence-corrected chi connectivity index (χ4v) is 2.76. The van der Waals surface area contributed by atoms with Crippen LogP contribution in [-0.4, -0.2) is 25.7 Å². The van der Waals surface area contributed by atoms with E-state index in [1.165, 1.54) is 36.8 Å². The maximum atomic E-state index is 5.25. The Bertz CT molecular complexity index is 453. The summed E-state index contributed by atoms with van der Waals surface area (Å²) in [5, 5.41) is 6.89. The van der Waals surface area contributed by atoms with E-state index in [4.69, 9.17) is 9.73 Å². The lowest BCUT2D eigenvalue weighted by atomic mass is 10.1. The molecule has 4 nitrogen and oxygen atoms in total. The van der Waals surface area contributed by atoms with Crippen LogP contribution in [0.25, 0.3) is 0 Å². The topological polar surface area (TPSA) is 45.7 Å². The van der Waals surface area contributed by atoms with Gasteiger partial charge in [0.25, 0.3) is 0 Å². The number of aliphatic imine (C=N–C) groups is 1. The van der Waals surface area contributed by atoms with Gasteiger partial charge >= 0.3 is 0 Å². The van der Waals surface area contributed by atoms with Crippen LogP contribution in [0.1, 0.15) is 43.7 Å². The lowest BCUT2D eigenvalue weighted by Gasteiger charge is -2.17. The van der Waals surface area contributed by atoms with Crippen molar-refractivity contribution in [1.82, 2.24) is 10.6 Å². The highest BCUT2D eigenvalue weighted by molar-refractivity contribution is 5.80. The van der Waals surface area contributed by atoms with Crippen LogP contribution in [0.4, 0.5) is 0 Å². The lowest BCUT2D eigenvalue weighted by Crippen LogP contribution is -2.42. The number of hydrogen-bond acceptors (Lipinski definition) is 2. The number of ether oxygens (including phenoxy) is 1. The number of nitrogens with zero attached hydrogens (tertiary/aromatic N) is 1. The molecular formula is C17H27N3O. The molecule has 0 amide bonds. The first-order valence-corrected chi connectivity index (χ1v) is 7.94. The zero-order valence-corrected chi connectivity index (χ0v) is 13.2. The molecular weight excluding hydrogens is 262 g/mol. The van der Waals surface area contributed by atoms with E-state index in [0.29, 0.717) is 19.2 Å². The van der Waals surface area contributed by atoms with Gasteiger partial charge in [0.2, 0.25) is 0 Å². The molecule has 0 spiro atoms. The van der Waals surface area contributed by atoms with Crippen molar-refractivity contribution in [3.8, 4) is 0 Å². The van der Waals surface area contributed by atoms with Crippen LogP contribution < -0.4 is 10.6 Å². The van der Waals surface area contributed by atoms with E-state index in [1.807, 2.05) is 6.07 Å². The first kappa shape index (κ1) is 15.8. The number of guanidine groups is 1. The minimum Gasteiger partial charge on any atom is -0.380 e. The Morgan fingerprint density at radius 2 is 1.95 bits per heavy atom. The zero-order chi connectivity index (χ0) is 14.9. The normalized spacial score (nSPS) is 16.2. The van der Waals surface area contributed by atoms with Gasteiger partial charge < -0.3 is 15.4 Å². The molecule has 21 heavy (non-hydrogen) atoms. The van der Waals surface area contributed by atoms with Crippen molar-refractivity contribution in [1.29, 1.82) is 0 Å². The summed E-state index contributed by atoms with van der Waals surface area (Å²) < 4.78 is 5.25. The van der Waals surface area contributed by atoms with Gasteiger partial charge in [0.15, 0.2) is 5.96 Å². The number of rotatable bonds is 6. The highest BCUT2D eigenvalue weighted by atomic mass is 16.5. The Hall–Kier alpha value is -1.55. The van der Waals surface area contributed by atoms with Gasteiger partial charge in [0.1, 0.15) is 0 Å². The van der Waals surface area contributed by atoms with Crippen molar-refractivity contribution in [2.24, 2.45) is 4.99 Å². The van der Waals surface area contributed by atoms with E-state index in [-0.39, 0.29) is 0 Å². The third kappa shape index (κ3) is 5.05. The minimum atomic E-state index is 0.581. The molecule has 0 unspecified atom stereocenters. The van der Waals surface area contributed by atoms with Crippen LogP contribution in [0.3, 0.4) is 0 Å². The molecule has 4 heteroatoms. The van der Waals surface area contributed by atoms with Crippen molar-refractivity contribution in [2.75, 3.05) is 13.7 Å². The fourth-order valence-electron chi connectivity index (χ4n) is 2.76. The van der Waals surface area contributed by atoms with Crippen molar-refractivity contribution in [3.63, 3.8) is 0 Å². The van der Waals surface area contributed by atoms with Gasteiger partial charge in [0, 0.05) is 19.7 Å². The van der Waals surface area contributed by atoms with Crippen LogP contribution in [0.5, 0.6) is 0 Å². The summed E-state index contributed by atoms with van der Waals surface area (Å²) in [7, 11) is 1.73. The molecule has 2 N–H and O–H groups in total. The molecule has 1 aromatic rings. The number of benzene rings is 1. The van der Waals surface area contributed by atoms with Crippen LogP contribution in [0.15, 0.2) is 29.3 Å². The Labute approximate surface area is 128 Å². The van der Waals surface area contributed by atoms with E-state index in [0.717, 1.165) is 12.5 Å². The molecule has 0 aliphatic heterocycles. The molecule has 0 atom stereocenters. The summed E-state index contributed by atoms with van der Waals surface area (Å²) in [6, 6.07) is 8.91. The molecule has 0 bridgehead atoms. The lowest BCUT2D eigenvalue weighted by molar-refractivity contribution is 0.184. The fraction of sp³-hybridized carbons (Fsp3) is 0.588. The maximum Gasteiger partial charge on any atom is 0.191 e. The van der Waals surface area contributed by atoms with Crippen LogP contribution >= 0.6 is 0 Å². The Kier molecular flexibility index (Phi) is 6.54. The Morgan fingerprint density at radius 3 is 2.62 bits per heavy atom. The first-order chi connectivity index (χ1) is 10.3. The molecule has 2 rings (SSSR count). The zero-order valence-electron chi connectivity index (χ0n) is 13.2. The number of nitrogens with one attached hydrogen (secondary N) is 2. The third-order valence-electron chi connectivity index (χ3n) is 3.87. The smallest absolute Gasteiger partial charge is 0.191 e. The van der Waals surface area contributed by atoms with Crippen LogP contribution in [-0.2, 0) is 17.9 Å². The second kappa shape index (κ2) is 8.67. The van der Waals surface area contributed by atoms with E-state index < -0.39 is 0 Å². The molecule has 1 aliphatic carbocycles. The standard InChI is InChI=1S/C17H27N3O/c1-3-18-17(20-16-10-6-7-11-16)19-12-14-8-4-5-9-15(14)13-21-2/h4-5,8-9,16H,3,6-7,10-13H2,1-2H3,(H2,18,19,20). The predicted molar refractivity (Wildman–Crippen MR) is 87.4 cm³/mol. The molecule has 1 fully saturated rings. The van der Waals surface area contributed by atoms with Crippen molar-refractivity contribution in [3.05, 3.63) is 35.4 Å². The van der Waals surface area contributed by atoms with Gasteiger partial charge in [-0.2, -0.15) is 0 Å². The van der Waals surface area contributed by atoms with Crippen LogP contribution in [0.2, 0.25) is 0 Å². The van der Waals surface area contributed by atoms with Crippen molar-refractivity contribution >= 4 is 5.96 Å². The predicted octanol–water partition coefficient (Wildman–Crippen LogP) is 2.83. The second-order valence-electron chi connectivity index (χ2n) is 5.52. The molecule has 1 aromatic carbocycles. The molecule has 0 heterocycles. The van der Waals surface area contributed by atoms with Gasteiger partial charge in [-0.25, -0.2) is 4.99 Å². The van der Waals surface area contributed by atoms with Gasteiger partial charge in [-0.15, -0.1) is 0 Å². The summed E-state index contributed by atoms with van der Waals surface area (Å²) >= 11 is 0. The average molecular weight is 289 g/mol. The van der Waals surface area contributed by atoms with Crippen LogP contribution in [0, 0.1) is 0 Å². The van der Waals surface area contributed by atoms with Gasteiger partial charge in [-0.05, 0) is 30.9 Å². The van der Waals surface area contributed by atoms with E-state index in [1.54, 1.807) is 7.11 Å². The van der Waals surface area contributed by atoms with Gasteiger partial charge in [-0.3, -0.25) is 0 Å². The maximum absolute atomic E-state index is 5.25. The molecule has 0 aromatic heterocycles. The summed E-state index contributed by atoms with van der Waals surface area (Å²) in [4.78, 5) is 4.73. The Balaban J connectivity index is 2.00. The second-order valence-corrected chi connectivity index (χ2v) is 5.52. The molecule has 1 saturated carbocycles. The summed E-state index contributed by atoms with van der Waals surface area (Å²) in [6.45, 7) is 4.31. The van der Waals surface area contributed by atoms with Crippen molar-refractivity contribution in [2.45, 2.75) is 51.8 Å². The quantitative estimate of drug-likeness (QED) is 0.625. The number of methoxy groups -OCH3 is 1. The monoisotopic (exact) mass is 289 g/mol. The van der Waals surface area contributed by atoms with E-state index in [2.05, 4.69) is 35.8 Å². The van der Waals surface area contributed by atoms with Gasteiger partial charge in [-0.1, -0.05) is 37.1 Å². The highest BCUT2D eigenvalue weighted by Crippen LogP contribution is 2.17. The Morgan fingerprint density at radius 1 is 1.24 bits per heavy atom. The summed E-state index contributed by atoms with van der Waals surface area (Å²) in [6.07, 6.45) is 5.16. The van der Waals surface area contributed by atoms with Gasteiger partial charge in [0.05, 0.1) is 13.2 Å².